The summed E-state index contributed by atoms with van der Waals surface area (Å²) in [6.45, 7) is -0.369. The summed E-state index contributed by atoms with van der Waals surface area (Å²) >= 11 is 0. The molecule has 0 bridgehead atoms. The topological polar surface area (TPSA) is 65.0 Å². The molecule has 0 aliphatic heterocycles. The molecule has 0 radical (unpaired) electrons. The summed E-state index contributed by atoms with van der Waals surface area (Å²) in [5, 5.41) is 10.2. The molecule has 116 valence electrons. The van der Waals surface area contributed by atoms with E-state index in [0.29, 0.717) is 12.1 Å². The molecule has 0 aliphatic carbocycles. The van der Waals surface area contributed by atoms with Gasteiger partial charge in [0.05, 0.1) is 11.1 Å². The van der Waals surface area contributed by atoms with Crippen molar-refractivity contribution < 1.29 is 31.9 Å². The largest absolute Gasteiger partial charge is 0.416 e. The maximum Gasteiger partial charge on any atom is 0.416 e. The Morgan fingerprint density at radius 2 is 1.52 bits per heavy atom. The fourth-order valence-corrected chi connectivity index (χ4v) is 1.56. The Morgan fingerprint density at radius 1 is 1.10 bits per heavy atom. The number of nitrogens with two attached hydrogens (primary N) is 1. The Labute approximate surface area is 115 Å². The van der Waals surface area contributed by atoms with Crippen LogP contribution in [-0.2, 0) is 18.9 Å². The second kappa shape index (κ2) is 5.70. The number of alkyl halides is 6. The third kappa shape index (κ3) is 4.43. The van der Waals surface area contributed by atoms with Gasteiger partial charge in [-0.15, -0.1) is 5.53 Å². The first-order valence-corrected chi connectivity index (χ1v) is 5.44. The predicted octanol–water partition coefficient (Wildman–Crippen LogP) is 2.30. The summed E-state index contributed by atoms with van der Waals surface area (Å²) in [5.41, 5.74) is 1.76. The maximum atomic E-state index is 12.6. The van der Waals surface area contributed by atoms with E-state index < -0.39 is 29.4 Å². The summed E-state index contributed by atoms with van der Waals surface area (Å²) in [7, 11) is 1.27. The van der Waals surface area contributed by atoms with Gasteiger partial charge in [0.2, 0.25) is 0 Å². The van der Waals surface area contributed by atoms with Crippen molar-refractivity contribution in [3.05, 3.63) is 34.9 Å². The number of nitrogens with one attached hydrogen (secondary N) is 1. The molecule has 1 rings (SSSR count). The molecule has 4 nitrogen and oxygen atoms in total. The minimum atomic E-state index is -4.90. The van der Waals surface area contributed by atoms with Crippen molar-refractivity contribution in [1.82, 2.24) is 4.90 Å². The minimum Gasteiger partial charge on any atom is -0.335 e. The van der Waals surface area contributed by atoms with Gasteiger partial charge in [0.15, 0.2) is 0 Å². The number of halogens is 6. The maximum absolute atomic E-state index is 12.6. The van der Waals surface area contributed by atoms with Crippen molar-refractivity contribution in [1.29, 1.82) is 5.41 Å². The van der Waals surface area contributed by atoms with Gasteiger partial charge < -0.3 is 4.90 Å². The second-order valence-electron chi connectivity index (χ2n) is 4.22. The van der Waals surface area contributed by atoms with Crippen LogP contribution in [0.4, 0.5) is 26.3 Å². The Kier molecular flexibility index (Phi) is 4.59. The molecule has 1 aromatic carbocycles. The number of hydrogen-bond donors (Lipinski definition) is 2. The van der Waals surface area contributed by atoms with Crippen molar-refractivity contribution in [2.75, 3.05) is 7.05 Å². The van der Waals surface area contributed by atoms with E-state index in [1.165, 1.54) is 7.05 Å². The van der Waals surface area contributed by atoms with Crippen molar-refractivity contribution in [3.8, 4) is 0 Å². The molecule has 0 amide bonds. The van der Waals surface area contributed by atoms with Gasteiger partial charge in [0.25, 0.3) is 5.96 Å². The Hall–Kier alpha value is -2.13. The second-order valence-corrected chi connectivity index (χ2v) is 4.22. The molecule has 0 saturated carbocycles. The van der Waals surface area contributed by atoms with Crippen LogP contribution in [0.3, 0.4) is 0 Å². The number of guanidine groups is 1. The molecule has 0 spiro atoms. The van der Waals surface area contributed by atoms with Gasteiger partial charge in [-0.2, -0.15) is 26.3 Å². The molecule has 1 aromatic rings. The first kappa shape index (κ1) is 16.9. The third-order valence-corrected chi connectivity index (χ3v) is 2.55. The quantitative estimate of drug-likeness (QED) is 0.374. The third-order valence-electron chi connectivity index (χ3n) is 2.55. The van der Waals surface area contributed by atoms with Crippen LogP contribution in [-0.4, -0.2) is 17.9 Å². The molecule has 0 heterocycles. The summed E-state index contributed by atoms with van der Waals surface area (Å²) in [6, 6.07) is 1.23. The Bertz CT molecular complexity index is 516. The van der Waals surface area contributed by atoms with Gasteiger partial charge in [0, 0.05) is 18.7 Å². The summed E-state index contributed by atoms with van der Waals surface area (Å²) in [4.78, 5) is 1.01. The smallest absolute Gasteiger partial charge is 0.335 e. The van der Waals surface area contributed by atoms with Crippen molar-refractivity contribution in [2.24, 2.45) is 5.11 Å². The molecular weight excluding hydrogens is 302 g/mol. The Balaban J connectivity index is 3.26. The van der Waals surface area contributed by atoms with Gasteiger partial charge in [-0.1, -0.05) is 0 Å². The van der Waals surface area contributed by atoms with Crippen molar-refractivity contribution in [3.63, 3.8) is 0 Å². The van der Waals surface area contributed by atoms with Crippen LogP contribution in [0.15, 0.2) is 23.3 Å². The van der Waals surface area contributed by atoms with E-state index in [2.05, 4.69) is 5.11 Å². The monoisotopic (exact) mass is 313 g/mol. The number of benzene rings is 1. The molecule has 0 saturated heterocycles. The fraction of sp³-hybridized carbons (Fsp3) is 0.364. The van der Waals surface area contributed by atoms with Crippen molar-refractivity contribution in [2.45, 2.75) is 18.9 Å². The SMILES string of the molecule is CN(Cc1cc(C(F)(F)F)cc(C(F)(F)F)c1)C(=N)N=[NH2+]. The van der Waals surface area contributed by atoms with Crippen LogP contribution in [0, 0.1) is 5.41 Å². The molecule has 10 heteroatoms. The molecule has 0 atom stereocenters. The molecule has 21 heavy (non-hydrogen) atoms. The zero-order chi connectivity index (χ0) is 16.4. The summed E-state index contributed by atoms with van der Waals surface area (Å²) in [5.74, 6) is -0.471. The van der Waals surface area contributed by atoms with Crippen LogP contribution in [0.2, 0.25) is 0 Å². The van der Waals surface area contributed by atoms with Crippen LogP contribution < -0.4 is 5.53 Å². The van der Waals surface area contributed by atoms with Crippen molar-refractivity contribution >= 4 is 5.96 Å². The first-order valence-electron chi connectivity index (χ1n) is 5.44. The van der Waals surface area contributed by atoms with Gasteiger partial charge >= 0.3 is 12.4 Å². The highest BCUT2D eigenvalue weighted by atomic mass is 19.4. The first-order chi connectivity index (χ1) is 9.45. The average molecular weight is 313 g/mol. The van der Waals surface area contributed by atoms with Crippen LogP contribution in [0.5, 0.6) is 0 Å². The van der Waals surface area contributed by atoms with E-state index in [1.54, 1.807) is 0 Å². The van der Waals surface area contributed by atoms with Crippen LogP contribution >= 0.6 is 0 Å². The summed E-state index contributed by atoms with van der Waals surface area (Å²) < 4.78 is 75.8. The molecule has 0 unspecified atom stereocenters. The zero-order valence-electron chi connectivity index (χ0n) is 10.7. The molecule has 0 aromatic heterocycles. The molecule has 0 aliphatic rings. The van der Waals surface area contributed by atoms with E-state index in [9.17, 15) is 26.3 Å². The van der Waals surface area contributed by atoms with Gasteiger partial charge in [0.1, 0.15) is 0 Å². The van der Waals surface area contributed by atoms with E-state index in [0.717, 1.165) is 4.90 Å². The highest BCUT2D eigenvalue weighted by Crippen LogP contribution is 2.36. The lowest BCUT2D eigenvalue weighted by atomic mass is 10.0. The lowest BCUT2D eigenvalue weighted by molar-refractivity contribution is -0.208. The zero-order valence-corrected chi connectivity index (χ0v) is 10.7. The fourth-order valence-electron chi connectivity index (χ4n) is 1.56. The number of nitrogens with zero attached hydrogens (tertiary/aromatic N) is 2. The van der Waals surface area contributed by atoms with Gasteiger partial charge in [-0.3, -0.25) is 5.41 Å². The summed E-state index contributed by atoms with van der Waals surface area (Å²) in [6.07, 6.45) is -9.80. The molecule has 0 fully saturated rings. The Morgan fingerprint density at radius 3 is 1.86 bits per heavy atom. The predicted molar refractivity (Wildman–Crippen MR) is 60.0 cm³/mol. The minimum absolute atomic E-state index is 0.0438. The van der Waals surface area contributed by atoms with E-state index >= 15 is 0 Å². The van der Waals surface area contributed by atoms with Gasteiger partial charge in [-0.05, 0) is 23.8 Å². The van der Waals surface area contributed by atoms with E-state index in [-0.39, 0.29) is 18.2 Å². The standard InChI is InChI=1S/C11H10F6N4/c1-21(9(18)20-19)5-6-2-7(10(12,13)14)4-8(3-6)11(15,16)17/h2-4,18-19H,5H2,1H3/p+1. The highest BCUT2D eigenvalue weighted by Gasteiger charge is 2.36. The average Bonchev–Trinajstić information content (AvgIpc) is 2.35. The van der Waals surface area contributed by atoms with Crippen LogP contribution in [0.1, 0.15) is 16.7 Å². The normalized spacial score (nSPS) is 12.1. The number of hydrogen-bond acceptors (Lipinski definition) is 1. The van der Waals surface area contributed by atoms with E-state index in [4.69, 9.17) is 10.9 Å². The van der Waals surface area contributed by atoms with E-state index in [1.807, 2.05) is 0 Å². The lowest BCUT2D eigenvalue weighted by Gasteiger charge is -2.18. The molecule has 3 N–H and O–H groups in total. The lowest BCUT2D eigenvalue weighted by Crippen LogP contribution is -2.34. The molecular formula is C11H11F6N4+. The van der Waals surface area contributed by atoms with Gasteiger partial charge in [-0.25, -0.2) is 0 Å². The highest BCUT2D eigenvalue weighted by molar-refractivity contribution is 5.76. The van der Waals surface area contributed by atoms with Crippen LogP contribution in [0.25, 0.3) is 0 Å². The number of rotatable bonds is 2.